The van der Waals surface area contributed by atoms with Crippen molar-refractivity contribution >= 4 is 16.5 Å². The minimum absolute atomic E-state index is 0.444. The SMILES string of the molecule is CN1CCN(c2ccc3c(c2)CN(C)CC3c2ccc3ccccc3c2)CC1. The zero-order valence-corrected chi connectivity index (χ0v) is 16.9. The van der Waals surface area contributed by atoms with E-state index in [0.717, 1.165) is 39.3 Å². The van der Waals surface area contributed by atoms with E-state index in [9.17, 15) is 0 Å². The molecule has 2 aliphatic rings. The van der Waals surface area contributed by atoms with Crippen molar-refractivity contribution in [2.24, 2.45) is 0 Å². The molecule has 28 heavy (non-hydrogen) atoms. The molecule has 1 saturated heterocycles. The predicted octanol–water partition coefficient (Wildman–Crippen LogP) is 4.17. The van der Waals surface area contributed by atoms with Gasteiger partial charge in [-0.15, -0.1) is 0 Å². The average molecular weight is 372 g/mol. The van der Waals surface area contributed by atoms with E-state index in [1.54, 1.807) is 0 Å². The van der Waals surface area contributed by atoms with Crippen molar-refractivity contribution in [1.82, 2.24) is 9.80 Å². The van der Waals surface area contributed by atoms with Crippen LogP contribution in [0.15, 0.2) is 60.7 Å². The third-order valence-electron chi connectivity index (χ3n) is 6.48. The molecule has 0 bridgehead atoms. The van der Waals surface area contributed by atoms with Gasteiger partial charge in [0.2, 0.25) is 0 Å². The molecule has 1 unspecified atom stereocenters. The van der Waals surface area contributed by atoms with E-state index < -0.39 is 0 Å². The van der Waals surface area contributed by atoms with Crippen LogP contribution in [0.2, 0.25) is 0 Å². The molecule has 144 valence electrons. The molecule has 0 aliphatic carbocycles. The van der Waals surface area contributed by atoms with Gasteiger partial charge in [0.05, 0.1) is 0 Å². The quantitative estimate of drug-likeness (QED) is 0.669. The first-order valence-electron chi connectivity index (χ1n) is 10.4. The zero-order valence-electron chi connectivity index (χ0n) is 16.9. The lowest BCUT2D eigenvalue weighted by atomic mass is 9.84. The molecule has 0 saturated carbocycles. The normalized spacial score (nSPS) is 21.1. The van der Waals surface area contributed by atoms with Gasteiger partial charge in [0.25, 0.3) is 0 Å². The highest BCUT2D eigenvalue weighted by Gasteiger charge is 2.26. The number of fused-ring (bicyclic) bond motifs is 2. The second kappa shape index (κ2) is 7.23. The summed E-state index contributed by atoms with van der Waals surface area (Å²) in [4.78, 5) is 7.42. The lowest BCUT2D eigenvalue weighted by molar-refractivity contribution is 0.295. The number of likely N-dealkylation sites (N-methyl/N-ethyl adjacent to an activating group) is 2. The molecule has 5 rings (SSSR count). The van der Waals surface area contributed by atoms with Crippen molar-refractivity contribution < 1.29 is 0 Å². The maximum atomic E-state index is 2.54. The van der Waals surface area contributed by atoms with Gasteiger partial charge >= 0.3 is 0 Å². The van der Waals surface area contributed by atoms with Crippen LogP contribution in [0.4, 0.5) is 5.69 Å². The first-order chi connectivity index (χ1) is 13.7. The molecule has 2 aliphatic heterocycles. The van der Waals surface area contributed by atoms with E-state index in [1.165, 1.54) is 33.2 Å². The minimum Gasteiger partial charge on any atom is -0.369 e. The van der Waals surface area contributed by atoms with E-state index in [4.69, 9.17) is 0 Å². The zero-order chi connectivity index (χ0) is 19.1. The molecular weight excluding hydrogens is 342 g/mol. The van der Waals surface area contributed by atoms with Crippen molar-refractivity contribution in [1.29, 1.82) is 0 Å². The Labute approximate surface area is 168 Å². The summed E-state index contributed by atoms with van der Waals surface area (Å²) >= 11 is 0. The van der Waals surface area contributed by atoms with Crippen molar-refractivity contribution in [2.75, 3.05) is 51.7 Å². The Hall–Kier alpha value is -2.36. The summed E-state index contributed by atoms with van der Waals surface area (Å²) in [7, 11) is 4.47. The number of hydrogen-bond acceptors (Lipinski definition) is 3. The maximum absolute atomic E-state index is 2.54. The fraction of sp³-hybridized carbons (Fsp3) is 0.360. The summed E-state index contributed by atoms with van der Waals surface area (Å²) < 4.78 is 0. The fourth-order valence-corrected chi connectivity index (χ4v) is 4.81. The predicted molar refractivity (Wildman–Crippen MR) is 118 cm³/mol. The second-order valence-corrected chi connectivity index (χ2v) is 8.53. The number of nitrogens with zero attached hydrogens (tertiary/aromatic N) is 3. The Morgan fingerprint density at radius 1 is 0.750 bits per heavy atom. The Morgan fingerprint density at radius 3 is 2.36 bits per heavy atom. The van der Waals surface area contributed by atoms with Gasteiger partial charge in [-0.25, -0.2) is 0 Å². The van der Waals surface area contributed by atoms with Gasteiger partial charge in [-0.2, -0.15) is 0 Å². The smallest absolute Gasteiger partial charge is 0.0370 e. The monoisotopic (exact) mass is 371 g/mol. The van der Waals surface area contributed by atoms with Gasteiger partial charge in [-0.1, -0.05) is 48.5 Å². The summed E-state index contributed by atoms with van der Waals surface area (Å²) in [6.45, 7) is 6.67. The van der Waals surface area contributed by atoms with Gasteiger partial charge in [-0.05, 0) is 53.7 Å². The fourth-order valence-electron chi connectivity index (χ4n) is 4.81. The molecule has 0 amide bonds. The maximum Gasteiger partial charge on any atom is 0.0370 e. The van der Waals surface area contributed by atoms with Crippen molar-refractivity contribution in [3.63, 3.8) is 0 Å². The molecule has 1 fully saturated rings. The van der Waals surface area contributed by atoms with E-state index in [2.05, 4.69) is 89.5 Å². The summed E-state index contributed by atoms with van der Waals surface area (Å²) in [6, 6.07) is 22.9. The molecule has 3 heteroatoms. The lowest BCUT2D eigenvalue weighted by Crippen LogP contribution is -2.44. The Morgan fingerprint density at radius 2 is 1.54 bits per heavy atom. The molecule has 3 aromatic carbocycles. The second-order valence-electron chi connectivity index (χ2n) is 8.53. The Balaban J connectivity index is 1.50. The van der Waals surface area contributed by atoms with Gasteiger partial charge in [-0.3, -0.25) is 0 Å². The molecule has 0 spiro atoms. The molecule has 3 nitrogen and oxygen atoms in total. The number of piperazine rings is 1. The van der Waals surface area contributed by atoms with Crippen LogP contribution in [0.5, 0.6) is 0 Å². The van der Waals surface area contributed by atoms with Gasteiger partial charge < -0.3 is 14.7 Å². The topological polar surface area (TPSA) is 9.72 Å². The summed E-state index contributed by atoms with van der Waals surface area (Å²) in [6.07, 6.45) is 0. The highest BCUT2D eigenvalue weighted by Crippen LogP contribution is 2.36. The number of benzene rings is 3. The minimum atomic E-state index is 0.444. The van der Waals surface area contributed by atoms with Crippen molar-refractivity contribution in [2.45, 2.75) is 12.5 Å². The molecule has 1 atom stereocenters. The van der Waals surface area contributed by atoms with Crippen molar-refractivity contribution in [3.8, 4) is 0 Å². The molecule has 0 aromatic heterocycles. The van der Waals surface area contributed by atoms with E-state index in [1.807, 2.05) is 0 Å². The lowest BCUT2D eigenvalue weighted by Gasteiger charge is -2.36. The van der Waals surface area contributed by atoms with Crippen LogP contribution in [0.1, 0.15) is 22.6 Å². The van der Waals surface area contributed by atoms with Crippen molar-refractivity contribution in [3.05, 3.63) is 77.4 Å². The van der Waals surface area contributed by atoms with Crippen LogP contribution in [0.3, 0.4) is 0 Å². The molecular formula is C25H29N3. The summed E-state index contributed by atoms with van der Waals surface area (Å²) in [5.74, 6) is 0.444. The first-order valence-corrected chi connectivity index (χ1v) is 10.4. The number of rotatable bonds is 2. The third kappa shape index (κ3) is 3.30. The van der Waals surface area contributed by atoms with Crippen LogP contribution in [0, 0.1) is 0 Å². The number of anilines is 1. The molecule has 3 aromatic rings. The third-order valence-corrected chi connectivity index (χ3v) is 6.48. The van der Waals surface area contributed by atoms with E-state index in [0.29, 0.717) is 5.92 Å². The van der Waals surface area contributed by atoms with Gasteiger partial charge in [0, 0.05) is 50.9 Å². The largest absolute Gasteiger partial charge is 0.369 e. The highest BCUT2D eigenvalue weighted by atomic mass is 15.2. The Bertz CT molecular complexity index is 988. The summed E-state index contributed by atoms with van der Waals surface area (Å²) in [5.41, 5.74) is 5.81. The van der Waals surface area contributed by atoms with Gasteiger partial charge in [0.1, 0.15) is 0 Å². The van der Waals surface area contributed by atoms with Crippen LogP contribution >= 0.6 is 0 Å². The van der Waals surface area contributed by atoms with E-state index >= 15 is 0 Å². The van der Waals surface area contributed by atoms with Crippen LogP contribution < -0.4 is 4.90 Å². The number of hydrogen-bond donors (Lipinski definition) is 0. The highest BCUT2D eigenvalue weighted by molar-refractivity contribution is 5.83. The van der Waals surface area contributed by atoms with Crippen LogP contribution in [-0.2, 0) is 6.54 Å². The van der Waals surface area contributed by atoms with E-state index in [-0.39, 0.29) is 0 Å². The average Bonchev–Trinajstić information content (AvgIpc) is 2.73. The van der Waals surface area contributed by atoms with Crippen LogP contribution in [0.25, 0.3) is 10.8 Å². The molecule has 0 N–H and O–H groups in total. The Kier molecular flexibility index (Phi) is 4.58. The van der Waals surface area contributed by atoms with Crippen LogP contribution in [-0.4, -0.2) is 56.6 Å². The molecule has 0 radical (unpaired) electrons. The van der Waals surface area contributed by atoms with Gasteiger partial charge in [0.15, 0.2) is 0 Å². The summed E-state index contributed by atoms with van der Waals surface area (Å²) in [5, 5.41) is 2.66. The standard InChI is InChI=1S/C25H29N3/c1-26-11-13-28(14-12-26)23-9-10-24-22(16-23)17-27(2)18-25(24)21-8-7-19-5-3-4-6-20(19)15-21/h3-10,15-16,25H,11-14,17-18H2,1-2H3. The molecule has 2 heterocycles. The first kappa shape index (κ1) is 17.7.